The van der Waals surface area contributed by atoms with Gasteiger partial charge in [0.15, 0.2) is 27.9 Å². The van der Waals surface area contributed by atoms with Gasteiger partial charge in [0.25, 0.3) is 5.91 Å². The predicted octanol–water partition coefficient (Wildman–Crippen LogP) is 1.20. The maximum absolute atomic E-state index is 12.0. The third-order valence-corrected chi connectivity index (χ3v) is 5.08. The van der Waals surface area contributed by atoms with Crippen molar-refractivity contribution in [1.29, 1.82) is 0 Å². The van der Waals surface area contributed by atoms with E-state index < -0.39 is 28.3 Å². The van der Waals surface area contributed by atoms with Gasteiger partial charge in [-0.3, -0.25) is 4.79 Å². The molecule has 0 fully saturated rings. The number of benzene rings is 2. The summed E-state index contributed by atoms with van der Waals surface area (Å²) in [6.07, 6.45) is 0.725. The van der Waals surface area contributed by atoms with Crippen molar-refractivity contribution < 1.29 is 32.2 Å². The standard InChI is InChI=1S/C19H19NO7S/c1-28(23,24)15-8-6-13(7-9-15)19(22)26-12-18(21)20-10-14-11-25-16-4-2-3-5-17(16)27-14/h2-9,14H,10-12H2,1H3,(H,20,21)/t14-/m0/s1. The lowest BCUT2D eigenvalue weighted by Gasteiger charge is -2.26. The fourth-order valence-electron chi connectivity index (χ4n) is 2.50. The van der Waals surface area contributed by atoms with Gasteiger partial charge in [0, 0.05) is 6.26 Å². The van der Waals surface area contributed by atoms with Gasteiger partial charge in [-0.05, 0) is 36.4 Å². The van der Waals surface area contributed by atoms with Crippen LogP contribution in [0, 0.1) is 0 Å². The van der Waals surface area contributed by atoms with E-state index in [4.69, 9.17) is 14.2 Å². The quantitative estimate of drug-likeness (QED) is 0.720. The highest BCUT2D eigenvalue weighted by Gasteiger charge is 2.21. The molecule has 8 nitrogen and oxygen atoms in total. The lowest BCUT2D eigenvalue weighted by Crippen LogP contribution is -2.42. The second-order valence-corrected chi connectivity index (χ2v) is 8.19. The van der Waals surface area contributed by atoms with Gasteiger partial charge in [0.05, 0.1) is 17.0 Å². The zero-order valence-corrected chi connectivity index (χ0v) is 15.9. The molecule has 3 rings (SSSR count). The second kappa shape index (κ2) is 8.30. The lowest BCUT2D eigenvalue weighted by molar-refractivity contribution is -0.124. The number of hydrogen-bond acceptors (Lipinski definition) is 7. The molecular formula is C19H19NO7S. The zero-order chi connectivity index (χ0) is 20.1. The molecule has 2 aromatic rings. The molecular weight excluding hydrogens is 386 g/mol. The molecule has 148 valence electrons. The van der Waals surface area contributed by atoms with Crippen molar-refractivity contribution in [2.45, 2.75) is 11.0 Å². The van der Waals surface area contributed by atoms with Crippen LogP contribution in [-0.2, 0) is 19.4 Å². The number of carbonyl (C=O) groups is 2. The molecule has 0 saturated carbocycles. The number of ether oxygens (including phenoxy) is 3. The molecule has 1 atom stereocenters. The normalized spacial score (nSPS) is 15.5. The number of hydrogen-bond donors (Lipinski definition) is 1. The number of carbonyl (C=O) groups excluding carboxylic acids is 2. The first-order valence-corrected chi connectivity index (χ1v) is 10.3. The number of fused-ring (bicyclic) bond motifs is 1. The van der Waals surface area contributed by atoms with Crippen LogP contribution in [0.4, 0.5) is 0 Å². The first-order chi connectivity index (χ1) is 13.3. The summed E-state index contributed by atoms with van der Waals surface area (Å²) in [5.74, 6) is 0.0582. The van der Waals surface area contributed by atoms with Crippen LogP contribution in [-0.4, -0.2) is 52.4 Å². The Bertz CT molecular complexity index is 970. The van der Waals surface area contributed by atoms with Crippen molar-refractivity contribution in [2.24, 2.45) is 0 Å². The molecule has 0 radical (unpaired) electrons. The molecule has 1 aliphatic rings. The fraction of sp³-hybridized carbons (Fsp3) is 0.263. The van der Waals surface area contributed by atoms with Crippen molar-refractivity contribution in [3.8, 4) is 11.5 Å². The number of nitrogens with one attached hydrogen (secondary N) is 1. The number of rotatable bonds is 6. The maximum atomic E-state index is 12.0. The van der Waals surface area contributed by atoms with Crippen LogP contribution >= 0.6 is 0 Å². The minimum absolute atomic E-state index is 0.0954. The van der Waals surface area contributed by atoms with E-state index in [9.17, 15) is 18.0 Å². The maximum Gasteiger partial charge on any atom is 0.338 e. The lowest BCUT2D eigenvalue weighted by atomic mass is 10.2. The first kappa shape index (κ1) is 19.7. The highest BCUT2D eigenvalue weighted by Crippen LogP contribution is 2.30. The van der Waals surface area contributed by atoms with E-state index in [1.807, 2.05) is 12.1 Å². The molecule has 28 heavy (non-hydrogen) atoms. The fourth-order valence-corrected chi connectivity index (χ4v) is 3.13. The second-order valence-electron chi connectivity index (χ2n) is 6.17. The molecule has 0 unspecified atom stereocenters. The van der Waals surface area contributed by atoms with Crippen LogP contribution < -0.4 is 14.8 Å². The van der Waals surface area contributed by atoms with Crippen molar-refractivity contribution in [2.75, 3.05) is 26.0 Å². The van der Waals surface area contributed by atoms with E-state index in [-0.39, 0.29) is 23.1 Å². The summed E-state index contributed by atoms with van der Waals surface area (Å²) in [4.78, 5) is 23.9. The van der Waals surface area contributed by atoms with Gasteiger partial charge in [0.1, 0.15) is 12.7 Å². The van der Waals surface area contributed by atoms with Crippen LogP contribution in [0.25, 0.3) is 0 Å². The molecule has 1 amide bonds. The molecule has 0 aromatic heterocycles. The van der Waals surface area contributed by atoms with Crippen LogP contribution in [0.5, 0.6) is 11.5 Å². The van der Waals surface area contributed by atoms with E-state index in [0.717, 1.165) is 6.26 Å². The summed E-state index contributed by atoms with van der Waals surface area (Å²) < 4.78 is 39.0. The third-order valence-electron chi connectivity index (χ3n) is 3.95. The topological polar surface area (TPSA) is 108 Å². The number of para-hydroxylation sites is 2. The Labute approximate surface area is 162 Å². The number of esters is 1. The summed E-state index contributed by atoms with van der Waals surface area (Å²) in [6, 6.07) is 12.5. The zero-order valence-electron chi connectivity index (χ0n) is 15.1. The molecule has 0 saturated heterocycles. The van der Waals surface area contributed by atoms with Gasteiger partial charge < -0.3 is 19.5 Å². The van der Waals surface area contributed by atoms with Gasteiger partial charge in [-0.1, -0.05) is 12.1 Å². The van der Waals surface area contributed by atoms with E-state index in [2.05, 4.69) is 5.32 Å². The summed E-state index contributed by atoms with van der Waals surface area (Å²) in [5, 5.41) is 2.62. The smallest absolute Gasteiger partial charge is 0.338 e. The minimum Gasteiger partial charge on any atom is -0.486 e. The molecule has 0 bridgehead atoms. The Morgan fingerprint density at radius 3 is 2.46 bits per heavy atom. The van der Waals surface area contributed by atoms with Gasteiger partial charge in [-0.15, -0.1) is 0 Å². The molecule has 9 heteroatoms. The summed E-state index contributed by atoms with van der Waals surface area (Å²) in [7, 11) is -3.35. The van der Waals surface area contributed by atoms with E-state index in [1.165, 1.54) is 24.3 Å². The Kier molecular flexibility index (Phi) is 5.84. The Morgan fingerprint density at radius 1 is 1.11 bits per heavy atom. The summed E-state index contributed by atoms with van der Waals surface area (Å²) in [6.45, 7) is 0.0361. The van der Waals surface area contributed by atoms with E-state index in [1.54, 1.807) is 12.1 Å². The van der Waals surface area contributed by atoms with Crippen molar-refractivity contribution in [1.82, 2.24) is 5.32 Å². The molecule has 1 heterocycles. The molecule has 2 aromatic carbocycles. The average molecular weight is 405 g/mol. The highest BCUT2D eigenvalue weighted by atomic mass is 32.2. The highest BCUT2D eigenvalue weighted by molar-refractivity contribution is 7.90. The van der Waals surface area contributed by atoms with Gasteiger partial charge in [-0.25, -0.2) is 13.2 Å². The first-order valence-electron chi connectivity index (χ1n) is 8.45. The Morgan fingerprint density at radius 2 is 1.79 bits per heavy atom. The Balaban J connectivity index is 1.44. The predicted molar refractivity (Wildman–Crippen MR) is 99.2 cm³/mol. The summed E-state index contributed by atoms with van der Waals surface area (Å²) in [5.41, 5.74) is 0.154. The van der Waals surface area contributed by atoms with Crippen LogP contribution in [0.2, 0.25) is 0 Å². The Hall–Kier alpha value is -3.07. The molecule has 1 N–H and O–H groups in total. The molecule has 1 aliphatic heterocycles. The monoisotopic (exact) mass is 405 g/mol. The van der Waals surface area contributed by atoms with E-state index >= 15 is 0 Å². The van der Waals surface area contributed by atoms with Gasteiger partial charge in [-0.2, -0.15) is 0 Å². The molecule has 0 spiro atoms. The van der Waals surface area contributed by atoms with Gasteiger partial charge >= 0.3 is 5.97 Å². The SMILES string of the molecule is CS(=O)(=O)c1ccc(C(=O)OCC(=O)NC[C@H]2COc3ccccc3O2)cc1. The number of amides is 1. The van der Waals surface area contributed by atoms with Crippen LogP contribution in [0.3, 0.4) is 0 Å². The summed E-state index contributed by atoms with van der Waals surface area (Å²) >= 11 is 0. The van der Waals surface area contributed by atoms with Crippen LogP contribution in [0.15, 0.2) is 53.4 Å². The minimum atomic E-state index is -3.35. The van der Waals surface area contributed by atoms with Crippen molar-refractivity contribution >= 4 is 21.7 Å². The largest absolute Gasteiger partial charge is 0.486 e. The van der Waals surface area contributed by atoms with Crippen molar-refractivity contribution in [3.63, 3.8) is 0 Å². The third kappa shape index (κ3) is 5.01. The molecule has 0 aliphatic carbocycles. The van der Waals surface area contributed by atoms with Gasteiger partial charge in [0.2, 0.25) is 0 Å². The van der Waals surface area contributed by atoms with Crippen molar-refractivity contribution in [3.05, 3.63) is 54.1 Å². The average Bonchev–Trinajstić information content (AvgIpc) is 2.69. The number of sulfone groups is 1. The van der Waals surface area contributed by atoms with E-state index in [0.29, 0.717) is 18.1 Å². The van der Waals surface area contributed by atoms with Crippen LogP contribution in [0.1, 0.15) is 10.4 Å².